The molecule has 0 unspecified atom stereocenters. The van der Waals surface area contributed by atoms with Gasteiger partial charge in [0.05, 0.1) is 9.80 Å². The molecule has 1 aromatic rings. The average Bonchev–Trinajstić information content (AvgIpc) is 2.30. The Balaban J connectivity index is 3.27. The number of aryl methyl sites for hydroxylation is 1. The number of sulfone groups is 1. The van der Waals surface area contributed by atoms with Gasteiger partial charge in [-0.25, -0.2) is 8.42 Å². The second-order valence-electron chi connectivity index (χ2n) is 3.62. The Morgan fingerprint density at radius 2 is 1.82 bits per heavy atom. The van der Waals surface area contributed by atoms with Crippen LogP contribution in [0.2, 0.25) is 0 Å². The highest BCUT2D eigenvalue weighted by atomic mass is 32.2. The second kappa shape index (κ2) is 5.64. The Kier molecular flexibility index (Phi) is 4.46. The van der Waals surface area contributed by atoms with Crippen molar-refractivity contribution in [3.63, 3.8) is 0 Å². The van der Waals surface area contributed by atoms with Gasteiger partial charge < -0.3 is 0 Å². The molecule has 0 atom stereocenters. The Hall–Kier alpha value is -1.61. The number of benzene rings is 1. The maximum Gasteiger partial charge on any atom is 0.206 e. The van der Waals surface area contributed by atoms with Crippen molar-refractivity contribution in [1.29, 1.82) is 0 Å². The lowest BCUT2D eigenvalue weighted by Crippen LogP contribution is -2.02. The fourth-order valence-electron chi connectivity index (χ4n) is 1.31. The van der Waals surface area contributed by atoms with Gasteiger partial charge in [-0.15, -0.1) is 0 Å². The summed E-state index contributed by atoms with van der Waals surface area (Å²) in [5.74, 6) is 0. The molecule has 0 saturated carbocycles. The van der Waals surface area contributed by atoms with Gasteiger partial charge in [0, 0.05) is 0 Å². The third-order valence-corrected chi connectivity index (χ3v) is 4.11. The molecule has 3 heteroatoms. The average molecular weight is 248 g/mol. The zero-order valence-corrected chi connectivity index (χ0v) is 10.9. The summed E-state index contributed by atoms with van der Waals surface area (Å²) in [5, 5.41) is 0. The smallest absolute Gasteiger partial charge is 0.206 e. The second-order valence-corrected chi connectivity index (χ2v) is 5.57. The molecule has 0 fully saturated rings. The molecular formula is C14H16O2S. The Morgan fingerprint density at radius 1 is 1.24 bits per heavy atom. The highest BCUT2D eigenvalue weighted by Gasteiger charge is 2.17. The van der Waals surface area contributed by atoms with Crippen LogP contribution in [0.15, 0.2) is 64.9 Å². The normalized spacial score (nSPS) is 12.9. The molecule has 0 saturated heterocycles. The van der Waals surface area contributed by atoms with Gasteiger partial charge in [0.15, 0.2) is 0 Å². The van der Waals surface area contributed by atoms with Crippen LogP contribution in [0.1, 0.15) is 12.5 Å². The van der Waals surface area contributed by atoms with Crippen LogP contribution in [0.25, 0.3) is 0 Å². The molecule has 0 aliphatic heterocycles. The summed E-state index contributed by atoms with van der Waals surface area (Å²) >= 11 is 0. The summed E-state index contributed by atoms with van der Waals surface area (Å²) in [4.78, 5) is 0.498. The van der Waals surface area contributed by atoms with Gasteiger partial charge in [-0.3, -0.25) is 0 Å². The highest BCUT2D eigenvalue weighted by molar-refractivity contribution is 7.95. The molecule has 0 aliphatic carbocycles. The van der Waals surface area contributed by atoms with E-state index in [4.69, 9.17) is 0 Å². The third kappa shape index (κ3) is 3.17. The number of rotatable bonds is 4. The van der Waals surface area contributed by atoms with Crippen molar-refractivity contribution in [1.82, 2.24) is 0 Å². The fourth-order valence-corrected chi connectivity index (χ4v) is 2.56. The van der Waals surface area contributed by atoms with Crippen LogP contribution in [-0.2, 0) is 9.84 Å². The summed E-state index contributed by atoms with van der Waals surface area (Å²) in [6, 6.07) is 6.78. The molecule has 0 heterocycles. The summed E-state index contributed by atoms with van der Waals surface area (Å²) in [6.45, 7) is 7.29. The van der Waals surface area contributed by atoms with Crippen LogP contribution in [0.4, 0.5) is 0 Å². The van der Waals surface area contributed by atoms with Crippen LogP contribution >= 0.6 is 0 Å². The van der Waals surface area contributed by atoms with Crippen molar-refractivity contribution in [3.8, 4) is 0 Å². The Morgan fingerprint density at radius 3 is 2.29 bits per heavy atom. The van der Waals surface area contributed by atoms with E-state index in [1.807, 2.05) is 13.8 Å². The molecule has 2 nitrogen and oxygen atoms in total. The minimum absolute atomic E-state index is 0.208. The molecule has 0 radical (unpaired) electrons. The Labute approximate surface area is 103 Å². The largest absolute Gasteiger partial charge is 0.219 e. The molecule has 0 aromatic heterocycles. The molecule has 1 rings (SSSR count). The predicted molar refractivity (Wildman–Crippen MR) is 71.5 cm³/mol. The monoisotopic (exact) mass is 248 g/mol. The van der Waals surface area contributed by atoms with Crippen molar-refractivity contribution in [2.24, 2.45) is 0 Å². The molecule has 0 spiro atoms. The summed E-state index contributed by atoms with van der Waals surface area (Å²) in [7, 11) is -3.45. The van der Waals surface area contributed by atoms with Gasteiger partial charge in [-0.05, 0) is 32.1 Å². The maximum atomic E-state index is 12.2. The van der Waals surface area contributed by atoms with Crippen molar-refractivity contribution < 1.29 is 8.42 Å². The van der Waals surface area contributed by atoms with E-state index in [2.05, 4.69) is 6.58 Å². The molecule has 17 heavy (non-hydrogen) atoms. The lowest BCUT2D eigenvalue weighted by molar-refractivity contribution is 0.603. The predicted octanol–water partition coefficient (Wildman–Crippen LogP) is 3.41. The number of allylic oxidation sites excluding steroid dienone is 4. The van der Waals surface area contributed by atoms with Crippen LogP contribution in [0.5, 0.6) is 0 Å². The lowest BCUT2D eigenvalue weighted by Gasteiger charge is -2.04. The zero-order chi connectivity index (χ0) is 12.9. The van der Waals surface area contributed by atoms with Gasteiger partial charge in [-0.1, -0.05) is 42.5 Å². The van der Waals surface area contributed by atoms with E-state index in [1.165, 1.54) is 6.08 Å². The highest BCUT2D eigenvalue weighted by Crippen LogP contribution is 2.20. The van der Waals surface area contributed by atoms with Gasteiger partial charge in [0.1, 0.15) is 0 Å². The van der Waals surface area contributed by atoms with Crippen LogP contribution in [0.3, 0.4) is 0 Å². The minimum atomic E-state index is -3.45. The van der Waals surface area contributed by atoms with Crippen LogP contribution < -0.4 is 0 Å². The molecular weight excluding hydrogens is 232 g/mol. The number of hydrogen-bond acceptors (Lipinski definition) is 2. The molecule has 0 amide bonds. The maximum absolute atomic E-state index is 12.2. The van der Waals surface area contributed by atoms with Gasteiger partial charge in [0.2, 0.25) is 9.84 Å². The minimum Gasteiger partial charge on any atom is -0.219 e. The lowest BCUT2D eigenvalue weighted by atomic mass is 10.2. The van der Waals surface area contributed by atoms with E-state index in [9.17, 15) is 8.42 Å². The summed E-state index contributed by atoms with van der Waals surface area (Å²) in [5.41, 5.74) is 1.03. The van der Waals surface area contributed by atoms with Crippen molar-refractivity contribution in [2.45, 2.75) is 18.7 Å². The molecule has 0 bridgehead atoms. The molecule has 90 valence electrons. The van der Waals surface area contributed by atoms with Gasteiger partial charge in [-0.2, -0.15) is 0 Å². The SMILES string of the molecule is C=C/C(=C\C=C/C)S(=O)(=O)c1ccc(C)cc1. The standard InChI is InChI=1S/C14H16O2S/c1-4-6-7-13(5-2)17(15,16)14-10-8-12(3)9-11-14/h4-11H,2H2,1,3H3/b6-4-,13-7+. The first-order chi connectivity index (χ1) is 8.02. The topological polar surface area (TPSA) is 34.1 Å². The van der Waals surface area contributed by atoms with E-state index in [-0.39, 0.29) is 4.91 Å². The first-order valence-corrected chi connectivity index (χ1v) is 6.78. The fraction of sp³-hybridized carbons (Fsp3) is 0.143. The first-order valence-electron chi connectivity index (χ1n) is 5.29. The molecule has 0 N–H and O–H groups in total. The van der Waals surface area contributed by atoms with E-state index in [1.54, 1.807) is 42.5 Å². The Bertz CT molecular complexity index is 546. The number of hydrogen-bond donors (Lipinski definition) is 0. The van der Waals surface area contributed by atoms with Crippen LogP contribution in [-0.4, -0.2) is 8.42 Å². The molecule has 1 aromatic carbocycles. The van der Waals surface area contributed by atoms with E-state index >= 15 is 0 Å². The van der Waals surface area contributed by atoms with Gasteiger partial charge >= 0.3 is 0 Å². The summed E-state index contributed by atoms with van der Waals surface area (Å²) < 4.78 is 24.4. The van der Waals surface area contributed by atoms with Crippen molar-refractivity contribution in [2.75, 3.05) is 0 Å². The molecule has 0 aliphatic rings. The quantitative estimate of drug-likeness (QED) is 0.765. The first kappa shape index (κ1) is 13.5. The van der Waals surface area contributed by atoms with E-state index in [0.29, 0.717) is 4.90 Å². The van der Waals surface area contributed by atoms with E-state index in [0.717, 1.165) is 5.56 Å². The summed E-state index contributed by atoms with van der Waals surface area (Å²) in [6.07, 6.45) is 6.36. The van der Waals surface area contributed by atoms with Gasteiger partial charge in [0.25, 0.3) is 0 Å². The van der Waals surface area contributed by atoms with E-state index < -0.39 is 9.84 Å². The van der Waals surface area contributed by atoms with Crippen molar-refractivity contribution in [3.05, 3.63) is 65.6 Å². The van der Waals surface area contributed by atoms with Crippen molar-refractivity contribution >= 4 is 9.84 Å². The van der Waals surface area contributed by atoms with Crippen LogP contribution in [0, 0.1) is 6.92 Å². The third-order valence-electron chi connectivity index (χ3n) is 2.30. The zero-order valence-electron chi connectivity index (χ0n) is 10.1.